The van der Waals surface area contributed by atoms with Crippen LogP contribution in [0.15, 0.2) is 91.0 Å². The Labute approximate surface area is 432 Å². The van der Waals surface area contributed by atoms with Crippen LogP contribution in [-0.2, 0) is 56.0 Å². The van der Waals surface area contributed by atoms with Crippen LogP contribution in [0, 0.1) is 36.9 Å². The maximum absolute atomic E-state index is 15.8. The fraction of sp³-hybridized carbons (Fsp3) is 0.390. The number of nitriles is 1. The molecular weight excluding hydrogens is 936 g/mol. The van der Waals surface area contributed by atoms with Crippen LogP contribution in [0.2, 0.25) is 0 Å². The highest BCUT2D eigenvalue weighted by molar-refractivity contribution is 6.13. The fourth-order valence-electron chi connectivity index (χ4n) is 11.3. The third kappa shape index (κ3) is 10.2. The molecule has 6 aromatic rings. The molecule has 10 rings (SSSR count). The number of aromatic hydroxyl groups is 1. The van der Waals surface area contributed by atoms with Crippen molar-refractivity contribution in [1.29, 1.82) is 5.26 Å². The highest BCUT2D eigenvalue weighted by atomic mass is 19.1. The van der Waals surface area contributed by atoms with Gasteiger partial charge in [0.1, 0.15) is 35.7 Å². The first kappa shape index (κ1) is 50.3. The third-order valence-corrected chi connectivity index (χ3v) is 15.9. The van der Waals surface area contributed by atoms with Crippen LogP contribution in [0.4, 0.5) is 15.8 Å². The van der Waals surface area contributed by atoms with Gasteiger partial charge in [-0.1, -0.05) is 37.3 Å². The molecule has 0 spiro atoms. The molecule has 384 valence electrons. The van der Waals surface area contributed by atoms with Crippen LogP contribution in [0.3, 0.4) is 0 Å². The number of nitrogens with zero attached hydrogens (tertiary/aromatic N) is 8. The molecule has 2 fully saturated rings. The van der Waals surface area contributed by atoms with Crippen molar-refractivity contribution in [2.24, 2.45) is 20.0 Å². The van der Waals surface area contributed by atoms with Crippen molar-refractivity contribution in [2.75, 3.05) is 70.5 Å². The largest absolute Gasteiger partial charge is 0.508 e. The minimum absolute atomic E-state index is 0.0498. The average Bonchev–Trinajstić information content (AvgIpc) is 4.05. The van der Waals surface area contributed by atoms with Gasteiger partial charge in [-0.25, -0.2) is 4.39 Å². The van der Waals surface area contributed by atoms with Gasteiger partial charge in [0.2, 0.25) is 5.91 Å². The van der Waals surface area contributed by atoms with E-state index in [1.165, 1.54) is 23.8 Å². The van der Waals surface area contributed by atoms with Gasteiger partial charge >= 0.3 is 0 Å². The van der Waals surface area contributed by atoms with E-state index in [-0.39, 0.29) is 48.0 Å². The number of amides is 3. The monoisotopic (exact) mass is 1000 g/mol. The topological polar surface area (TPSA) is 140 Å². The van der Waals surface area contributed by atoms with Gasteiger partial charge in [-0.05, 0) is 128 Å². The Morgan fingerprint density at radius 2 is 1.61 bits per heavy atom. The second-order valence-corrected chi connectivity index (χ2v) is 20.6. The summed E-state index contributed by atoms with van der Waals surface area (Å²) in [7, 11) is 3.69. The molecular formula is C59H65FN8O6. The van der Waals surface area contributed by atoms with Crippen molar-refractivity contribution in [1.82, 2.24) is 28.7 Å². The minimum Gasteiger partial charge on any atom is -0.508 e. The van der Waals surface area contributed by atoms with Gasteiger partial charge in [0.25, 0.3) is 11.8 Å². The number of morpholine rings is 1. The molecule has 2 saturated heterocycles. The van der Waals surface area contributed by atoms with E-state index in [2.05, 4.69) is 47.1 Å². The molecule has 4 aliphatic rings. The quantitative estimate of drug-likeness (QED) is 0.122. The van der Waals surface area contributed by atoms with Gasteiger partial charge in [-0.3, -0.25) is 24.2 Å². The molecule has 74 heavy (non-hydrogen) atoms. The average molecular weight is 1000 g/mol. The number of hydrogen-bond donors (Lipinski definition) is 1. The van der Waals surface area contributed by atoms with E-state index in [1.807, 2.05) is 48.6 Å². The Hall–Kier alpha value is -7.25. The number of fused-ring (bicyclic) bond motifs is 2. The van der Waals surface area contributed by atoms with Crippen LogP contribution in [0.25, 0.3) is 11.3 Å². The molecule has 14 nitrogen and oxygen atoms in total. The summed E-state index contributed by atoms with van der Waals surface area (Å²) in [6.07, 6.45) is 2.22. The van der Waals surface area contributed by atoms with Crippen molar-refractivity contribution < 1.29 is 33.4 Å². The van der Waals surface area contributed by atoms with Gasteiger partial charge in [0, 0.05) is 112 Å². The van der Waals surface area contributed by atoms with E-state index in [0.29, 0.717) is 108 Å². The van der Waals surface area contributed by atoms with E-state index >= 15 is 14.0 Å². The summed E-state index contributed by atoms with van der Waals surface area (Å²) in [5, 5.41) is 20.2. The summed E-state index contributed by atoms with van der Waals surface area (Å²) in [5.41, 5.74) is 9.49. The normalized spacial score (nSPS) is 18.0. The first-order chi connectivity index (χ1) is 35.7. The summed E-state index contributed by atoms with van der Waals surface area (Å²) >= 11 is 0. The second-order valence-electron chi connectivity index (χ2n) is 20.6. The lowest BCUT2D eigenvalue weighted by atomic mass is 9.89. The smallest absolute Gasteiger partial charge is 0.264 e. The highest BCUT2D eigenvalue weighted by Crippen LogP contribution is 2.39. The van der Waals surface area contributed by atoms with E-state index in [9.17, 15) is 15.2 Å². The zero-order valence-corrected chi connectivity index (χ0v) is 43.1. The number of benzene rings is 4. The zero-order chi connectivity index (χ0) is 51.8. The minimum atomic E-state index is -0.495. The van der Waals surface area contributed by atoms with Crippen molar-refractivity contribution >= 4 is 29.1 Å². The fourth-order valence-corrected chi connectivity index (χ4v) is 11.3. The SMILES string of the molecule is Cc1c(N(C(=O)c2cc(-c3cc4c(cc3C(=O)N3Cc5ccccc5C[C@H]3CN3CC[C@H](C)C3)CN(C(=O)Cc3ccc(OCCN5CCOCC5)cc3F)CC4)n(C)c2C)c2ccc(O)cc2)cc(C#N)n1C. The first-order valence-electron chi connectivity index (χ1n) is 25.9. The number of phenols is 1. The number of aromatic nitrogens is 2. The van der Waals surface area contributed by atoms with Gasteiger partial charge in [0.05, 0.1) is 30.9 Å². The van der Waals surface area contributed by atoms with Crippen molar-refractivity contribution in [2.45, 2.75) is 65.6 Å². The summed E-state index contributed by atoms with van der Waals surface area (Å²) < 4.78 is 30.6. The van der Waals surface area contributed by atoms with Crippen LogP contribution < -0.4 is 9.64 Å². The first-order valence-corrected chi connectivity index (χ1v) is 25.9. The number of rotatable bonds is 13. The van der Waals surface area contributed by atoms with Crippen molar-refractivity contribution in [3.63, 3.8) is 0 Å². The Kier molecular flexibility index (Phi) is 14.5. The van der Waals surface area contributed by atoms with E-state index < -0.39 is 5.82 Å². The highest BCUT2D eigenvalue weighted by Gasteiger charge is 2.36. The van der Waals surface area contributed by atoms with Gasteiger partial charge < -0.3 is 38.4 Å². The second kappa shape index (κ2) is 21.3. The third-order valence-electron chi connectivity index (χ3n) is 15.9. The number of anilines is 2. The molecule has 3 amide bonds. The molecule has 0 aliphatic carbocycles. The zero-order valence-electron chi connectivity index (χ0n) is 43.1. The van der Waals surface area contributed by atoms with E-state index in [1.54, 1.807) is 51.7 Å². The molecule has 0 unspecified atom stereocenters. The summed E-state index contributed by atoms with van der Waals surface area (Å²) in [6, 6.07) is 29.2. The Morgan fingerprint density at radius 1 is 0.838 bits per heavy atom. The number of halogens is 1. The molecule has 15 heteroatoms. The number of carbonyl (C=O) groups is 3. The van der Waals surface area contributed by atoms with Gasteiger partial charge in [0.15, 0.2) is 0 Å². The maximum atomic E-state index is 15.8. The van der Waals surface area contributed by atoms with Gasteiger partial charge in [-0.15, -0.1) is 0 Å². The molecule has 4 aromatic carbocycles. The predicted octanol–water partition coefficient (Wildman–Crippen LogP) is 8.09. The maximum Gasteiger partial charge on any atom is 0.264 e. The molecule has 0 bridgehead atoms. The lowest BCUT2D eigenvalue weighted by molar-refractivity contribution is -0.131. The lowest BCUT2D eigenvalue weighted by Crippen LogP contribution is -2.50. The summed E-state index contributed by atoms with van der Waals surface area (Å²) in [4.78, 5) is 55.2. The summed E-state index contributed by atoms with van der Waals surface area (Å²) in [6.45, 7) is 14.0. The van der Waals surface area contributed by atoms with Crippen LogP contribution in [-0.4, -0.2) is 123 Å². The van der Waals surface area contributed by atoms with E-state index in [4.69, 9.17) is 9.47 Å². The number of likely N-dealkylation sites (tertiary alicyclic amines) is 1. The predicted molar refractivity (Wildman–Crippen MR) is 281 cm³/mol. The summed E-state index contributed by atoms with van der Waals surface area (Å²) in [5.74, 6) is -0.136. The molecule has 2 aromatic heterocycles. The van der Waals surface area contributed by atoms with Crippen molar-refractivity contribution in [3.05, 3.63) is 153 Å². The lowest BCUT2D eigenvalue weighted by Gasteiger charge is -2.39. The molecule has 4 aliphatic heterocycles. The number of ether oxygens (including phenoxy) is 2. The molecule has 6 heterocycles. The Balaban J connectivity index is 0.993. The van der Waals surface area contributed by atoms with Gasteiger partial charge in [-0.2, -0.15) is 5.26 Å². The Bertz CT molecular complexity index is 3150. The molecule has 0 radical (unpaired) electrons. The van der Waals surface area contributed by atoms with E-state index in [0.717, 1.165) is 62.3 Å². The number of hydrogen-bond acceptors (Lipinski definition) is 9. The molecule has 0 saturated carbocycles. The molecule has 2 atom stereocenters. The molecule has 1 N–H and O–H groups in total. The standard InChI is InChI=1S/C59H65FN8O6/c1-38-16-18-65(34-38)37-48-26-41-8-6-7-9-44(41)36-67(48)58(71)53-28-45-35-66(57(70)29-43-10-15-50(31-54(43)60)74-25-22-64-20-23-73-24-21-64)19-17-42(45)27-52(53)56-32-51(39(2)63(56)5)59(72)68(46-11-13-49(69)14-12-46)55-30-47(33-61)62(4)40(55)3/h6-15,27-28,30-32,38,48,69H,16-26,29,34-37H2,1-5H3/t38-,48-/m0/s1. The van der Waals surface area contributed by atoms with Crippen molar-refractivity contribution in [3.8, 4) is 28.8 Å². The van der Waals surface area contributed by atoms with Crippen LogP contribution in [0.5, 0.6) is 11.5 Å². The number of phenolic OH excluding ortho intramolecular Hbond substituents is 1. The Morgan fingerprint density at radius 3 is 2.32 bits per heavy atom. The van der Waals surface area contributed by atoms with Crippen LogP contribution >= 0.6 is 0 Å². The van der Waals surface area contributed by atoms with Crippen LogP contribution in [0.1, 0.15) is 79.0 Å². The number of carbonyl (C=O) groups excluding carboxylic acids is 3.